The normalized spacial score (nSPS) is 11.9. The summed E-state index contributed by atoms with van der Waals surface area (Å²) in [7, 11) is 0. The molecule has 6 aromatic carbocycles. The van der Waals surface area contributed by atoms with Crippen molar-refractivity contribution in [2.45, 2.75) is 0 Å². The van der Waals surface area contributed by atoms with Crippen LogP contribution in [-0.4, -0.2) is 19.1 Å². The van der Waals surface area contributed by atoms with E-state index >= 15 is 0 Å². The smallest absolute Gasteiger partial charge is 0.154 e. The highest BCUT2D eigenvalue weighted by Gasteiger charge is 2.20. The van der Waals surface area contributed by atoms with Crippen LogP contribution in [0.25, 0.3) is 99.2 Å². The lowest BCUT2D eigenvalue weighted by Crippen LogP contribution is -1.93. The largest absolute Gasteiger partial charge is 0.453 e. The summed E-state index contributed by atoms with van der Waals surface area (Å²) in [6, 6.07) is 51.9. The predicted octanol–water partition coefficient (Wildman–Crippen LogP) is 11.9. The first kappa shape index (κ1) is 27.9. The van der Waals surface area contributed by atoms with Crippen molar-refractivity contribution in [3.63, 3.8) is 0 Å². The molecule has 0 unspecified atom stereocenters. The molecule has 11 rings (SSSR count). The van der Waals surface area contributed by atoms with Crippen LogP contribution in [0.3, 0.4) is 0 Å². The summed E-state index contributed by atoms with van der Waals surface area (Å²) in [6.07, 6.45) is 7.57. The van der Waals surface area contributed by atoms with Gasteiger partial charge in [-0.3, -0.25) is 9.97 Å². The minimum absolute atomic E-state index is 0.741. The van der Waals surface area contributed by atoms with E-state index in [1.54, 1.807) is 0 Å². The lowest BCUT2D eigenvalue weighted by molar-refractivity contribution is 0.665. The van der Waals surface area contributed by atoms with Crippen molar-refractivity contribution in [1.82, 2.24) is 19.1 Å². The number of nitrogens with zero attached hydrogens (tertiary/aromatic N) is 4. The third-order valence-corrected chi connectivity index (χ3v) is 10.3. The van der Waals surface area contributed by atoms with E-state index in [4.69, 9.17) is 4.42 Å². The molecule has 0 N–H and O–H groups in total. The summed E-state index contributed by atoms with van der Waals surface area (Å²) in [5, 5.41) is 6.88. The molecule has 5 aromatic heterocycles. The molecule has 5 heterocycles. The van der Waals surface area contributed by atoms with Crippen LogP contribution in [0.1, 0.15) is 0 Å². The second-order valence-corrected chi connectivity index (χ2v) is 13.1. The molecule has 51 heavy (non-hydrogen) atoms. The lowest BCUT2D eigenvalue weighted by atomic mass is 9.95. The van der Waals surface area contributed by atoms with E-state index in [-0.39, 0.29) is 0 Å². The van der Waals surface area contributed by atoms with E-state index < -0.39 is 0 Å². The maximum atomic E-state index is 6.48. The van der Waals surface area contributed by atoms with E-state index in [0.717, 1.165) is 66.6 Å². The van der Waals surface area contributed by atoms with Crippen LogP contribution >= 0.6 is 0 Å². The summed E-state index contributed by atoms with van der Waals surface area (Å²) < 4.78 is 11.2. The number of aromatic nitrogens is 4. The third-order valence-electron chi connectivity index (χ3n) is 10.3. The van der Waals surface area contributed by atoms with Crippen molar-refractivity contribution in [3.05, 3.63) is 170 Å². The number of pyridine rings is 2. The molecule has 11 aromatic rings. The van der Waals surface area contributed by atoms with Gasteiger partial charge in [0.05, 0.1) is 34.5 Å². The van der Waals surface area contributed by atoms with Crippen LogP contribution < -0.4 is 0 Å². The van der Waals surface area contributed by atoms with Crippen molar-refractivity contribution in [3.8, 4) is 33.6 Å². The van der Waals surface area contributed by atoms with Gasteiger partial charge in [-0.1, -0.05) is 84.9 Å². The number of fused-ring (bicyclic) bond motifs is 9. The molecule has 0 fully saturated rings. The molecule has 0 spiro atoms. The fourth-order valence-corrected chi connectivity index (χ4v) is 8.10. The molecular formula is C46H28N4O. The molecule has 0 bridgehead atoms. The predicted molar refractivity (Wildman–Crippen MR) is 209 cm³/mol. The molecule has 0 saturated heterocycles. The van der Waals surface area contributed by atoms with Gasteiger partial charge in [-0.2, -0.15) is 0 Å². The van der Waals surface area contributed by atoms with Crippen molar-refractivity contribution in [1.29, 1.82) is 0 Å². The average molecular weight is 653 g/mol. The number of rotatable bonds is 4. The molecular weight excluding hydrogens is 625 g/mol. The topological polar surface area (TPSA) is 48.8 Å². The van der Waals surface area contributed by atoms with Gasteiger partial charge in [-0.25, -0.2) is 0 Å². The zero-order valence-electron chi connectivity index (χ0n) is 27.4. The van der Waals surface area contributed by atoms with Gasteiger partial charge in [-0.15, -0.1) is 0 Å². The minimum Gasteiger partial charge on any atom is -0.453 e. The van der Waals surface area contributed by atoms with Crippen LogP contribution in [-0.2, 0) is 0 Å². The summed E-state index contributed by atoms with van der Waals surface area (Å²) in [5.74, 6) is 0. The van der Waals surface area contributed by atoms with Gasteiger partial charge in [0.2, 0.25) is 0 Å². The highest BCUT2D eigenvalue weighted by Crippen LogP contribution is 2.43. The Labute approximate surface area is 292 Å². The van der Waals surface area contributed by atoms with Gasteiger partial charge in [0.1, 0.15) is 0 Å². The van der Waals surface area contributed by atoms with Gasteiger partial charge in [0, 0.05) is 67.2 Å². The fourth-order valence-electron chi connectivity index (χ4n) is 8.10. The second kappa shape index (κ2) is 10.8. The number of benzene rings is 6. The van der Waals surface area contributed by atoms with Gasteiger partial charge < -0.3 is 13.6 Å². The van der Waals surface area contributed by atoms with Gasteiger partial charge in [0.25, 0.3) is 0 Å². The second-order valence-electron chi connectivity index (χ2n) is 13.1. The maximum absolute atomic E-state index is 6.48. The molecule has 238 valence electrons. The summed E-state index contributed by atoms with van der Waals surface area (Å²) in [5.41, 5.74) is 12.7. The lowest BCUT2D eigenvalue weighted by Gasteiger charge is -2.10. The minimum atomic E-state index is 0.741. The monoisotopic (exact) mass is 652 g/mol. The maximum Gasteiger partial charge on any atom is 0.154 e. The van der Waals surface area contributed by atoms with Crippen molar-refractivity contribution < 1.29 is 4.42 Å². The first-order chi connectivity index (χ1) is 25.3. The Morgan fingerprint density at radius 2 is 0.784 bits per heavy atom. The van der Waals surface area contributed by atoms with Gasteiger partial charge in [-0.05, 0) is 71.8 Å². The Hall–Kier alpha value is -6.98. The first-order valence-electron chi connectivity index (χ1n) is 17.1. The molecule has 0 aliphatic heterocycles. The summed E-state index contributed by atoms with van der Waals surface area (Å²) >= 11 is 0. The quantitative estimate of drug-likeness (QED) is 0.190. The number of hydrogen-bond acceptors (Lipinski definition) is 3. The zero-order valence-corrected chi connectivity index (χ0v) is 27.4. The zero-order chi connectivity index (χ0) is 33.5. The average Bonchev–Trinajstić information content (AvgIpc) is 3.86. The Bertz CT molecular complexity index is 2920. The van der Waals surface area contributed by atoms with Gasteiger partial charge in [0.15, 0.2) is 11.2 Å². The van der Waals surface area contributed by atoms with E-state index in [1.165, 1.54) is 32.6 Å². The Morgan fingerprint density at radius 3 is 1.25 bits per heavy atom. The van der Waals surface area contributed by atoms with E-state index in [2.05, 4.69) is 165 Å². The van der Waals surface area contributed by atoms with Crippen LogP contribution in [0.15, 0.2) is 175 Å². The molecule has 5 nitrogen and oxygen atoms in total. The van der Waals surface area contributed by atoms with E-state index in [0.29, 0.717) is 0 Å². The molecule has 5 heteroatoms. The van der Waals surface area contributed by atoms with E-state index in [1.807, 2.05) is 24.8 Å². The van der Waals surface area contributed by atoms with Crippen molar-refractivity contribution in [2.75, 3.05) is 0 Å². The van der Waals surface area contributed by atoms with Crippen LogP contribution in [0.2, 0.25) is 0 Å². The molecule has 0 aliphatic carbocycles. The number of furan rings is 1. The number of para-hydroxylation sites is 4. The number of hydrogen-bond donors (Lipinski definition) is 0. The van der Waals surface area contributed by atoms with Crippen molar-refractivity contribution >= 4 is 65.6 Å². The molecule has 0 atom stereocenters. The Balaban J connectivity index is 1.15. The fraction of sp³-hybridized carbons (Fsp3) is 0. The third kappa shape index (κ3) is 4.09. The molecule has 0 amide bonds. The highest BCUT2D eigenvalue weighted by atomic mass is 16.3. The molecule has 0 aliphatic rings. The summed E-state index contributed by atoms with van der Waals surface area (Å²) in [4.78, 5) is 9.33. The van der Waals surface area contributed by atoms with Crippen LogP contribution in [0.4, 0.5) is 0 Å². The van der Waals surface area contributed by atoms with Crippen LogP contribution in [0, 0.1) is 0 Å². The van der Waals surface area contributed by atoms with Gasteiger partial charge >= 0.3 is 0 Å². The molecule has 0 saturated carbocycles. The highest BCUT2D eigenvalue weighted by molar-refractivity contribution is 6.19. The van der Waals surface area contributed by atoms with E-state index in [9.17, 15) is 0 Å². The van der Waals surface area contributed by atoms with Crippen molar-refractivity contribution in [2.24, 2.45) is 0 Å². The standard InChI is InChI=1S/C46H28N4O/c1-3-11-31(12-4-1)49-39-17-9-7-15-33(39)35-23-29(19-21-41(35)49)37-25-47-27-43-45(37)46-38(26-48-28-44(46)51-43)30-20-22-42-36(24-30)34-16-8-10-18-40(34)50(42)32-13-5-2-6-14-32/h1-28H. The first-order valence-corrected chi connectivity index (χ1v) is 17.1. The molecule has 0 radical (unpaired) electrons. The Kier molecular flexibility index (Phi) is 5.89. The SMILES string of the molecule is c1ccc(-n2c3ccccc3c3cc(-c4cncc5oc6cncc(-c7ccc8c(c7)c7ccccc7n8-c7ccccc7)c6c45)ccc32)cc1. The summed E-state index contributed by atoms with van der Waals surface area (Å²) in [6.45, 7) is 0. The van der Waals surface area contributed by atoms with Crippen LogP contribution in [0.5, 0.6) is 0 Å². The Morgan fingerprint density at radius 1 is 0.373 bits per heavy atom.